The van der Waals surface area contributed by atoms with Gasteiger partial charge in [-0.05, 0) is 18.6 Å². The molecule has 4 nitrogen and oxygen atoms in total. The Labute approximate surface area is 125 Å². The monoisotopic (exact) mass is 296 g/mol. The van der Waals surface area contributed by atoms with Gasteiger partial charge in [0.1, 0.15) is 5.58 Å². The fraction of sp³-hybridized carbons (Fsp3) is 0.400. The van der Waals surface area contributed by atoms with Gasteiger partial charge in [0, 0.05) is 18.0 Å². The molecule has 1 aromatic heterocycles. The lowest BCUT2D eigenvalue weighted by Crippen LogP contribution is -2.40. The summed E-state index contributed by atoms with van der Waals surface area (Å²) in [5, 5.41) is 3.86. The summed E-state index contributed by atoms with van der Waals surface area (Å²) >= 11 is 0. The van der Waals surface area contributed by atoms with Crippen LogP contribution < -0.4 is 11.1 Å². The molecule has 0 saturated heterocycles. The van der Waals surface area contributed by atoms with E-state index in [0.717, 1.165) is 30.2 Å². The average molecular weight is 297 g/mol. The second kappa shape index (κ2) is 7.92. The smallest absolute Gasteiger partial charge is 0.287 e. The first-order chi connectivity index (χ1) is 9.24. The van der Waals surface area contributed by atoms with Crippen LogP contribution in [0, 0.1) is 0 Å². The van der Waals surface area contributed by atoms with Crippen molar-refractivity contribution in [3.05, 3.63) is 36.1 Å². The van der Waals surface area contributed by atoms with Crippen molar-refractivity contribution in [3.8, 4) is 0 Å². The lowest BCUT2D eigenvalue weighted by Gasteiger charge is -2.15. The molecule has 2 rings (SSSR count). The SMILES string of the molecule is CCCCC(CN)NC(=O)c1cc2ccccc2o1.Cl. The Hall–Kier alpha value is -1.52. The molecule has 110 valence electrons. The van der Waals surface area contributed by atoms with Gasteiger partial charge in [0.25, 0.3) is 5.91 Å². The number of furan rings is 1. The standard InChI is InChI=1S/C15H20N2O2.ClH/c1-2-3-7-12(10-16)17-15(18)14-9-11-6-4-5-8-13(11)19-14;/h4-6,8-9,12H,2-3,7,10,16H2,1H3,(H,17,18);1H. The summed E-state index contributed by atoms with van der Waals surface area (Å²) in [5.41, 5.74) is 6.40. The van der Waals surface area contributed by atoms with Gasteiger partial charge in [-0.15, -0.1) is 12.4 Å². The van der Waals surface area contributed by atoms with Crippen molar-refractivity contribution in [3.63, 3.8) is 0 Å². The maximum Gasteiger partial charge on any atom is 0.287 e. The van der Waals surface area contributed by atoms with Gasteiger partial charge in [0.15, 0.2) is 5.76 Å². The maximum atomic E-state index is 12.1. The third kappa shape index (κ3) is 3.99. The van der Waals surface area contributed by atoms with E-state index in [2.05, 4.69) is 12.2 Å². The van der Waals surface area contributed by atoms with Gasteiger partial charge in [-0.25, -0.2) is 0 Å². The zero-order valence-corrected chi connectivity index (χ0v) is 12.4. The number of hydrogen-bond acceptors (Lipinski definition) is 3. The van der Waals surface area contributed by atoms with Crippen LogP contribution in [0.4, 0.5) is 0 Å². The summed E-state index contributed by atoms with van der Waals surface area (Å²) in [5.74, 6) is 0.152. The summed E-state index contributed by atoms with van der Waals surface area (Å²) in [7, 11) is 0. The number of para-hydroxylation sites is 1. The van der Waals surface area contributed by atoms with Crippen LogP contribution in [0.1, 0.15) is 36.7 Å². The van der Waals surface area contributed by atoms with Crippen LogP contribution in [-0.4, -0.2) is 18.5 Å². The number of halogens is 1. The summed E-state index contributed by atoms with van der Waals surface area (Å²) in [6, 6.07) is 9.36. The Kier molecular flexibility index (Phi) is 6.55. The lowest BCUT2D eigenvalue weighted by atomic mass is 10.1. The average Bonchev–Trinajstić information content (AvgIpc) is 2.87. The van der Waals surface area contributed by atoms with Crippen LogP contribution in [0.15, 0.2) is 34.7 Å². The quantitative estimate of drug-likeness (QED) is 0.860. The third-order valence-electron chi connectivity index (χ3n) is 3.18. The van der Waals surface area contributed by atoms with Crippen molar-refractivity contribution in [1.82, 2.24) is 5.32 Å². The maximum absolute atomic E-state index is 12.1. The van der Waals surface area contributed by atoms with Crippen LogP contribution in [0.5, 0.6) is 0 Å². The predicted molar refractivity (Wildman–Crippen MR) is 83.3 cm³/mol. The molecule has 0 spiro atoms. The Morgan fingerprint density at radius 1 is 1.40 bits per heavy atom. The number of nitrogens with two attached hydrogens (primary N) is 1. The molecule has 5 heteroatoms. The van der Waals surface area contributed by atoms with E-state index < -0.39 is 0 Å². The molecule has 0 aliphatic rings. The number of unbranched alkanes of at least 4 members (excludes halogenated alkanes) is 1. The summed E-state index contributed by atoms with van der Waals surface area (Å²) in [6.45, 7) is 2.57. The van der Waals surface area contributed by atoms with E-state index in [1.54, 1.807) is 6.07 Å². The molecule has 1 aromatic carbocycles. The first-order valence-corrected chi connectivity index (χ1v) is 6.74. The van der Waals surface area contributed by atoms with E-state index >= 15 is 0 Å². The summed E-state index contributed by atoms with van der Waals surface area (Å²) in [4.78, 5) is 12.1. The minimum absolute atomic E-state index is 0. The topological polar surface area (TPSA) is 68.3 Å². The van der Waals surface area contributed by atoms with Crippen molar-refractivity contribution < 1.29 is 9.21 Å². The molecule has 1 atom stereocenters. The molecule has 0 saturated carbocycles. The van der Waals surface area contributed by atoms with Gasteiger partial charge in [-0.1, -0.05) is 38.0 Å². The molecule has 0 radical (unpaired) electrons. The molecular weight excluding hydrogens is 276 g/mol. The van der Waals surface area contributed by atoms with E-state index in [9.17, 15) is 4.79 Å². The fourth-order valence-corrected chi connectivity index (χ4v) is 2.05. The third-order valence-corrected chi connectivity index (χ3v) is 3.18. The number of rotatable bonds is 6. The van der Waals surface area contributed by atoms with Crippen LogP contribution in [0.3, 0.4) is 0 Å². The molecule has 0 aliphatic carbocycles. The molecule has 1 heterocycles. The van der Waals surface area contributed by atoms with Gasteiger partial charge in [-0.3, -0.25) is 4.79 Å². The number of carbonyl (C=O) groups excluding carboxylic acids is 1. The van der Waals surface area contributed by atoms with Crippen molar-refractivity contribution >= 4 is 29.3 Å². The van der Waals surface area contributed by atoms with E-state index in [1.807, 2.05) is 24.3 Å². The number of benzene rings is 1. The minimum atomic E-state index is -0.192. The lowest BCUT2D eigenvalue weighted by molar-refractivity contribution is 0.0910. The Morgan fingerprint density at radius 2 is 2.15 bits per heavy atom. The van der Waals surface area contributed by atoms with Crippen LogP contribution in [-0.2, 0) is 0 Å². The normalized spacial score (nSPS) is 11.9. The number of amides is 1. The fourth-order valence-electron chi connectivity index (χ4n) is 2.05. The highest BCUT2D eigenvalue weighted by molar-refractivity contribution is 5.96. The summed E-state index contributed by atoms with van der Waals surface area (Å²) in [6.07, 6.45) is 3.05. The number of nitrogens with one attached hydrogen (secondary N) is 1. The van der Waals surface area contributed by atoms with Crippen molar-refractivity contribution in [2.24, 2.45) is 5.73 Å². The highest BCUT2D eigenvalue weighted by Gasteiger charge is 2.15. The van der Waals surface area contributed by atoms with E-state index in [-0.39, 0.29) is 24.4 Å². The summed E-state index contributed by atoms with van der Waals surface area (Å²) < 4.78 is 5.53. The van der Waals surface area contributed by atoms with Gasteiger partial charge < -0.3 is 15.5 Å². The highest BCUT2D eigenvalue weighted by Crippen LogP contribution is 2.18. The van der Waals surface area contributed by atoms with Crippen LogP contribution >= 0.6 is 12.4 Å². The van der Waals surface area contributed by atoms with Crippen LogP contribution in [0.25, 0.3) is 11.0 Å². The first-order valence-electron chi connectivity index (χ1n) is 6.74. The minimum Gasteiger partial charge on any atom is -0.451 e. The molecule has 0 fully saturated rings. The van der Waals surface area contributed by atoms with Gasteiger partial charge in [0.2, 0.25) is 0 Å². The second-order valence-electron chi connectivity index (χ2n) is 4.70. The first kappa shape index (κ1) is 16.5. The second-order valence-corrected chi connectivity index (χ2v) is 4.70. The van der Waals surface area contributed by atoms with E-state index in [1.165, 1.54) is 0 Å². The molecular formula is C15H21ClN2O2. The van der Waals surface area contributed by atoms with E-state index in [4.69, 9.17) is 10.2 Å². The Morgan fingerprint density at radius 3 is 2.80 bits per heavy atom. The predicted octanol–water partition coefficient (Wildman–Crippen LogP) is 3.10. The van der Waals surface area contributed by atoms with Gasteiger partial charge in [-0.2, -0.15) is 0 Å². The largest absolute Gasteiger partial charge is 0.451 e. The molecule has 0 aliphatic heterocycles. The Balaban J connectivity index is 0.00000200. The zero-order valence-electron chi connectivity index (χ0n) is 11.6. The Bertz CT molecular complexity index is 521. The van der Waals surface area contributed by atoms with E-state index in [0.29, 0.717) is 12.3 Å². The van der Waals surface area contributed by atoms with Gasteiger partial charge >= 0.3 is 0 Å². The number of hydrogen-bond donors (Lipinski definition) is 2. The zero-order chi connectivity index (χ0) is 13.7. The molecule has 2 aromatic rings. The molecule has 0 bridgehead atoms. The highest BCUT2D eigenvalue weighted by atomic mass is 35.5. The van der Waals surface area contributed by atoms with Crippen molar-refractivity contribution in [2.75, 3.05) is 6.54 Å². The molecule has 1 unspecified atom stereocenters. The number of fused-ring (bicyclic) bond motifs is 1. The van der Waals surface area contributed by atoms with Gasteiger partial charge in [0.05, 0.1) is 0 Å². The van der Waals surface area contributed by atoms with Crippen LogP contribution in [0.2, 0.25) is 0 Å². The molecule has 3 N–H and O–H groups in total. The molecule has 1 amide bonds. The van der Waals surface area contributed by atoms with Crippen molar-refractivity contribution in [1.29, 1.82) is 0 Å². The number of carbonyl (C=O) groups is 1. The van der Waals surface area contributed by atoms with Crippen molar-refractivity contribution in [2.45, 2.75) is 32.2 Å². The molecule has 20 heavy (non-hydrogen) atoms.